The fourth-order valence-corrected chi connectivity index (χ4v) is 4.37. The fraction of sp³-hybridized carbons (Fsp3) is 0.429. The zero-order chi connectivity index (χ0) is 14.4. The second-order valence-electron chi connectivity index (χ2n) is 5.89. The molecule has 1 aromatic heterocycles. The molecule has 2 aliphatic rings. The van der Waals surface area contributed by atoms with E-state index in [1.807, 2.05) is 17.6 Å². The second kappa shape index (κ2) is 4.66. The van der Waals surface area contributed by atoms with E-state index < -0.39 is 0 Å². The van der Waals surface area contributed by atoms with E-state index in [-0.39, 0.29) is 17.2 Å². The molecule has 1 amide bonds. The van der Waals surface area contributed by atoms with Gasteiger partial charge in [-0.25, -0.2) is 10.8 Å². The Labute approximate surface area is 126 Å². The van der Waals surface area contributed by atoms with Crippen LogP contribution in [0.25, 0.3) is 10.2 Å². The van der Waals surface area contributed by atoms with Gasteiger partial charge in [-0.05, 0) is 12.1 Å². The molecule has 2 aromatic rings. The maximum atomic E-state index is 12.1. The lowest BCUT2D eigenvalue weighted by Crippen LogP contribution is -2.61. The number of hydrogen-bond donors (Lipinski definition) is 3. The average Bonchev–Trinajstić information content (AvgIpc) is 3.09. The van der Waals surface area contributed by atoms with Crippen molar-refractivity contribution in [2.24, 2.45) is 17.2 Å². The number of anilines is 1. The van der Waals surface area contributed by atoms with Gasteiger partial charge in [-0.3, -0.25) is 10.2 Å². The molecule has 3 heterocycles. The molecule has 7 heteroatoms. The molecular weight excluding hydrogens is 286 g/mol. The highest BCUT2D eigenvalue weighted by Crippen LogP contribution is 2.43. The number of thiazole rings is 1. The van der Waals surface area contributed by atoms with Gasteiger partial charge in [0.1, 0.15) is 0 Å². The van der Waals surface area contributed by atoms with Crippen molar-refractivity contribution in [1.29, 1.82) is 0 Å². The van der Waals surface area contributed by atoms with E-state index in [4.69, 9.17) is 5.84 Å². The molecule has 1 atom stereocenters. The van der Waals surface area contributed by atoms with Crippen molar-refractivity contribution in [3.63, 3.8) is 0 Å². The van der Waals surface area contributed by atoms with Gasteiger partial charge < -0.3 is 10.2 Å². The number of nitrogens with two attached hydrogens (primary N) is 1. The van der Waals surface area contributed by atoms with Crippen LogP contribution in [0.3, 0.4) is 0 Å². The van der Waals surface area contributed by atoms with E-state index in [0.717, 1.165) is 25.2 Å². The molecule has 21 heavy (non-hydrogen) atoms. The minimum absolute atomic E-state index is 0.0102. The van der Waals surface area contributed by atoms with Crippen LogP contribution < -0.4 is 21.5 Å². The number of nitrogens with zero attached hydrogens (tertiary/aromatic N) is 2. The molecule has 1 aromatic carbocycles. The highest BCUT2D eigenvalue weighted by atomic mass is 32.1. The number of hydrogen-bond acceptors (Lipinski definition) is 6. The van der Waals surface area contributed by atoms with Crippen LogP contribution in [-0.4, -0.2) is 37.1 Å². The number of carbonyl (C=O) groups excluding carboxylic acids is 1. The van der Waals surface area contributed by atoms with Crippen LogP contribution in [0.1, 0.15) is 0 Å². The van der Waals surface area contributed by atoms with Crippen LogP contribution >= 0.6 is 11.3 Å². The van der Waals surface area contributed by atoms with Crippen molar-refractivity contribution in [2.75, 3.05) is 31.1 Å². The summed E-state index contributed by atoms with van der Waals surface area (Å²) in [5, 5.41) is 3.30. The zero-order valence-electron chi connectivity index (χ0n) is 11.5. The van der Waals surface area contributed by atoms with Crippen molar-refractivity contribution in [3.8, 4) is 0 Å². The fourth-order valence-electron chi connectivity index (χ4n) is 3.54. The molecule has 0 radical (unpaired) electrons. The van der Waals surface area contributed by atoms with Crippen LogP contribution in [0.4, 0.5) is 5.69 Å². The monoisotopic (exact) mass is 303 g/mol. The summed E-state index contributed by atoms with van der Waals surface area (Å²) in [6, 6.07) is 6.17. The molecule has 110 valence electrons. The van der Waals surface area contributed by atoms with Gasteiger partial charge in [-0.1, -0.05) is 6.07 Å². The van der Waals surface area contributed by atoms with Crippen LogP contribution in [0.2, 0.25) is 0 Å². The third kappa shape index (κ3) is 1.85. The van der Waals surface area contributed by atoms with Gasteiger partial charge in [0.05, 0.1) is 27.3 Å². The summed E-state index contributed by atoms with van der Waals surface area (Å²) < 4.78 is 1.19. The van der Waals surface area contributed by atoms with E-state index in [0.29, 0.717) is 6.54 Å². The molecule has 4 rings (SSSR count). The lowest BCUT2D eigenvalue weighted by Gasteiger charge is -2.42. The molecule has 1 spiro atoms. The van der Waals surface area contributed by atoms with Crippen LogP contribution in [0.15, 0.2) is 23.7 Å². The molecule has 4 N–H and O–H groups in total. The van der Waals surface area contributed by atoms with E-state index in [1.54, 1.807) is 11.3 Å². The van der Waals surface area contributed by atoms with Gasteiger partial charge >= 0.3 is 0 Å². The molecule has 2 saturated heterocycles. The highest BCUT2D eigenvalue weighted by Gasteiger charge is 2.53. The van der Waals surface area contributed by atoms with Crippen molar-refractivity contribution >= 4 is 33.1 Å². The van der Waals surface area contributed by atoms with Crippen LogP contribution in [0.5, 0.6) is 0 Å². The number of benzene rings is 1. The summed E-state index contributed by atoms with van der Waals surface area (Å²) in [5.41, 5.74) is 6.40. The molecule has 2 fully saturated rings. The molecular formula is C14H17N5OS. The Hall–Kier alpha value is -1.70. The van der Waals surface area contributed by atoms with Gasteiger partial charge in [0.25, 0.3) is 0 Å². The Morgan fingerprint density at radius 2 is 2.38 bits per heavy atom. The Bertz CT molecular complexity index is 695. The van der Waals surface area contributed by atoms with Gasteiger partial charge in [0.2, 0.25) is 5.91 Å². The molecule has 0 saturated carbocycles. The first-order chi connectivity index (χ1) is 10.2. The van der Waals surface area contributed by atoms with E-state index in [1.165, 1.54) is 10.4 Å². The smallest absolute Gasteiger partial charge is 0.239 e. The van der Waals surface area contributed by atoms with Gasteiger partial charge in [-0.2, -0.15) is 0 Å². The zero-order valence-corrected chi connectivity index (χ0v) is 12.3. The lowest BCUT2D eigenvalue weighted by molar-refractivity contribution is -0.128. The number of aromatic nitrogens is 1. The quantitative estimate of drug-likeness (QED) is 0.422. The summed E-state index contributed by atoms with van der Waals surface area (Å²) >= 11 is 1.65. The van der Waals surface area contributed by atoms with E-state index in [2.05, 4.69) is 26.7 Å². The van der Waals surface area contributed by atoms with Gasteiger partial charge in [-0.15, -0.1) is 11.3 Å². The van der Waals surface area contributed by atoms with E-state index in [9.17, 15) is 4.79 Å². The Balaban J connectivity index is 1.71. The van der Waals surface area contributed by atoms with Gasteiger partial charge in [0, 0.05) is 31.6 Å². The van der Waals surface area contributed by atoms with Crippen molar-refractivity contribution < 1.29 is 4.79 Å². The van der Waals surface area contributed by atoms with Crippen molar-refractivity contribution in [2.45, 2.75) is 0 Å². The number of nitrogens with one attached hydrogen (secondary N) is 2. The summed E-state index contributed by atoms with van der Waals surface area (Å²) in [6.07, 6.45) is 0. The number of hydrazine groups is 1. The maximum Gasteiger partial charge on any atom is 0.239 e. The summed E-state index contributed by atoms with van der Waals surface area (Å²) in [6.45, 7) is 3.34. The topological polar surface area (TPSA) is 83.3 Å². The minimum Gasteiger partial charge on any atom is -0.369 e. The first-order valence-corrected chi connectivity index (χ1v) is 7.90. The standard InChI is InChI=1S/C14H17N5OS/c15-18-13(20)9-4-19(7-14(9)5-16-6-14)11-3-1-2-10-12(11)21-8-17-10/h1-3,8-9,16H,4-7,15H2,(H,18,20). The minimum atomic E-state index is -0.0630. The second-order valence-corrected chi connectivity index (χ2v) is 6.74. The predicted octanol–water partition coefficient (Wildman–Crippen LogP) is 0.312. The summed E-state index contributed by atoms with van der Waals surface area (Å²) in [7, 11) is 0. The number of rotatable bonds is 2. The molecule has 0 bridgehead atoms. The first-order valence-electron chi connectivity index (χ1n) is 7.02. The predicted molar refractivity (Wildman–Crippen MR) is 83.0 cm³/mol. The third-order valence-corrected chi connectivity index (χ3v) is 5.60. The summed E-state index contributed by atoms with van der Waals surface area (Å²) in [4.78, 5) is 18.8. The third-order valence-electron chi connectivity index (χ3n) is 4.74. The van der Waals surface area contributed by atoms with Crippen LogP contribution in [0, 0.1) is 11.3 Å². The van der Waals surface area contributed by atoms with E-state index >= 15 is 0 Å². The van der Waals surface area contributed by atoms with Crippen LogP contribution in [-0.2, 0) is 4.79 Å². The highest BCUT2D eigenvalue weighted by molar-refractivity contribution is 7.17. The number of amides is 1. The number of fused-ring (bicyclic) bond motifs is 1. The lowest BCUT2D eigenvalue weighted by atomic mass is 9.73. The Morgan fingerprint density at radius 1 is 1.52 bits per heavy atom. The SMILES string of the molecule is NNC(=O)C1CN(c2cccc3ncsc23)CC12CNC2. The summed E-state index contributed by atoms with van der Waals surface area (Å²) in [5.74, 6) is 5.24. The molecule has 1 unspecified atom stereocenters. The van der Waals surface area contributed by atoms with Crippen molar-refractivity contribution in [1.82, 2.24) is 15.7 Å². The maximum absolute atomic E-state index is 12.1. The normalized spacial score (nSPS) is 23.5. The average molecular weight is 303 g/mol. The Morgan fingerprint density at radius 3 is 3.10 bits per heavy atom. The molecule has 0 aliphatic carbocycles. The molecule has 2 aliphatic heterocycles. The van der Waals surface area contributed by atoms with Gasteiger partial charge in [0.15, 0.2) is 0 Å². The van der Waals surface area contributed by atoms with Crippen molar-refractivity contribution in [3.05, 3.63) is 23.7 Å². The largest absolute Gasteiger partial charge is 0.369 e. The first kappa shape index (κ1) is 13.0. The number of carbonyl (C=O) groups is 1. The molecule has 6 nitrogen and oxygen atoms in total. The Kier molecular flexibility index (Phi) is 2.88.